The summed E-state index contributed by atoms with van der Waals surface area (Å²) >= 11 is 0. The van der Waals surface area contributed by atoms with Crippen molar-refractivity contribution >= 4 is 0 Å². The molecule has 0 amide bonds. The van der Waals surface area contributed by atoms with Crippen LogP contribution in [0.3, 0.4) is 0 Å². The lowest BCUT2D eigenvalue weighted by molar-refractivity contribution is 0.347. The molecule has 0 radical (unpaired) electrons. The first-order valence-corrected chi connectivity index (χ1v) is 6.23. The van der Waals surface area contributed by atoms with Gasteiger partial charge in [-0.05, 0) is 24.9 Å². The smallest absolute Gasteiger partial charge is 0.0130 e. The second-order valence-electron chi connectivity index (χ2n) is 5.61. The predicted molar refractivity (Wildman–Crippen MR) is 71.8 cm³/mol. The van der Waals surface area contributed by atoms with E-state index in [1.807, 2.05) is 0 Å². The lowest BCUT2D eigenvalue weighted by atomic mass is 9.78. The fourth-order valence-electron chi connectivity index (χ4n) is 1.79. The van der Waals surface area contributed by atoms with Crippen LogP contribution >= 0.6 is 0 Å². The predicted octanol–water partition coefficient (Wildman–Crippen LogP) is 3.60. The van der Waals surface area contributed by atoms with Gasteiger partial charge in [0.05, 0.1) is 0 Å². The molecule has 0 heterocycles. The van der Waals surface area contributed by atoms with E-state index >= 15 is 0 Å². The average Bonchev–Trinajstić information content (AvgIpc) is 2.27. The lowest BCUT2D eigenvalue weighted by Crippen LogP contribution is -2.43. The highest BCUT2D eigenvalue weighted by Gasteiger charge is 2.27. The quantitative estimate of drug-likeness (QED) is 0.798. The molecular formula is C15H25N. The summed E-state index contributed by atoms with van der Waals surface area (Å²) in [7, 11) is 0. The van der Waals surface area contributed by atoms with Gasteiger partial charge in [0.15, 0.2) is 0 Å². The number of hydrogen-bond acceptors (Lipinski definition) is 1. The minimum absolute atomic E-state index is 0.177. The SMILES string of the molecule is CC(C)CNC(C)C(C)(C)c1ccccc1. The van der Waals surface area contributed by atoms with Crippen LogP contribution in [0.4, 0.5) is 0 Å². The van der Waals surface area contributed by atoms with Crippen LogP contribution in [0.2, 0.25) is 0 Å². The molecule has 0 saturated heterocycles. The topological polar surface area (TPSA) is 12.0 Å². The highest BCUT2D eigenvalue weighted by Crippen LogP contribution is 2.26. The van der Waals surface area contributed by atoms with E-state index < -0.39 is 0 Å². The molecule has 0 bridgehead atoms. The van der Waals surface area contributed by atoms with E-state index in [4.69, 9.17) is 0 Å². The Labute approximate surface area is 100 Å². The van der Waals surface area contributed by atoms with Crippen LogP contribution in [-0.2, 0) is 5.41 Å². The van der Waals surface area contributed by atoms with Gasteiger partial charge in [0.1, 0.15) is 0 Å². The summed E-state index contributed by atoms with van der Waals surface area (Å²) in [6.45, 7) is 12.5. The van der Waals surface area contributed by atoms with Gasteiger partial charge in [-0.1, -0.05) is 58.0 Å². The molecule has 1 heteroatoms. The maximum Gasteiger partial charge on any atom is 0.0130 e. The van der Waals surface area contributed by atoms with E-state index in [0.29, 0.717) is 12.0 Å². The zero-order valence-corrected chi connectivity index (χ0v) is 11.2. The third-order valence-electron chi connectivity index (χ3n) is 3.43. The maximum absolute atomic E-state index is 3.62. The number of benzene rings is 1. The van der Waals surface area contributed by atoms with Crippen LogP contribution in [-0.4, -0.2) is 12.6 Å². The highest BCUT2D eigenvalue weighted by atomic mass is 14.9. The standard InChI is InChI=1S/C15H25N/c1-12(2)11-16-13(3)15(4,5)14-9-7-6-8-10-14/h6-10,12-13,16H,11H2,1-5H3. The van der Waals surface area contributed by atoms with Crippen molar-refractivity contribution in [3.63, 3.8) is 0 Å². The largest absolute Gasteiger partial charge is 0.313 e. The van der Waals surface area contributed by atoms with Crippen molar-refractivity contribution in [2.75, 3.05) is 6.54 Å². The van der Waals surface area contributed by atoms with Gasteiger partial charge >= 0.3 is 0 Å². The molecule has 1 N–H and O–H groups in total. The maximum atomic E-state index is 3.62. The fraction of sp³-hybridized carbons (Fsp3) is 0.600. The van der Waals surface area contributed by atoms with Crippen molar-refractivity contribution in [3.8, 4) is 0 Å². The molecule has 16 heavy (non-hydrogen) atoms. The molecule has 1 unspecified atom stereocenters. The second kappa shape index (κ2) is 5.49. The van der Waals surface area contributed by atoms with E-state index in [0.717, 1.165) is 6.54 Å². The van der Waals surface area contributed by atoms with Crippen LogP contribution in [0.25, 0.3) is 0 Å². The summed E-state index contributed by atoms with van der Waals surface area (Å²) in [5, 5.41) is 3.62. The van der Waals surface area contributed by atoms with E-state index in [1.165, 1.54) is 5.56 Å². The molecule has 0 aromatic heterocycles. The summed E-state index contributed by atoms with van der Waals surface area (Å²) in [4.78, 5) is 0. The third-order valence-corrected chi connectivity index (χ3v) is 3.43. The summed E-state index contributed by atoms with van der Waals surface area (Å²) < 4.78 is 0. The normalized spacial score (nSPS) is 14.1. The van der Waals surface area contributed by atoms with Gasteiger partial charge in [0.25, 0.3) is 0 Å². The molecule has 1 aromatic rings. The van der Waals surface area contributed by atoms with Crippen LogP contribution in [0.1, 0.15) is 40.2 Å². The molecule has 0 aliphatic rings. The minimum atomic E-state index is 0.177. The molecule has 0 fully saturated rings. The molecule has 1 aromatic carbocycles. The molecular weight excluding hydrogens is 194 g/mol. The minimum Gasteiger partial charge on any atom is -0.313 e. The summed E-state index contributed by atoms with van der Waals surface area (Å²) in [6.07, 6.45) is 0. The highest BCUT2D eigenvalue weighted by molar-refractivity contribution is 5.25. The number of rotatable bonds is 5. The molecule has 1 atom stereocenters. The monoisotopic (exact) mass is 219 g/mol. The molecule has 0 aliphatic heterocycles. The van der Waals surface area contributed by atoms with Gasteiger partial charge in [-0.15, -0.1) is 0 Å². The van der Waals surface area contributed by atoms with Crippen LogP contribution in [0, 0.1) is 5.92 Å². The van der Waals surface area contributed by atoms with Crippen molar-refractivity contribution < 1.29 is 0 Å². The second-order valence-corrected chi connectivity index (χ2v) is 5.61. The van der Waals surface area contributed by atoms with E-state index in [-0.39, 0.29) is 5.41 Å². The molecule has 0 spiro atoms. The Bertz CT molecular complexity index is 300. The molecule has 0 saturated carbocycles. The molecule has 0 aliphatic carbocycles. The van der Waals surface area contributed by atoms with Crippen molar-refractivity contribution in [2.45, 2.75) is 46.1 Å². The summed E-state index contributed by atoms with van der Waals surface area (Å²) in [6, 6.07) is 11.2. The zero-order chi connectivity index (χ0) is 12.2. The van der Waals surface area contributed by atoms with Crippen molar-refractivity contribution in [2.24, 2.45) is 5.92 Å². The first-order valence-electron chi connectivity index (χ1n) is 6.23. The Morgan fingerprint density at radius 2 is 1.62 bits per heavy atom. The van der Waals surface area contributed by atoms with Gasteiger partial charge in [-0.2, -0.15) is 0 Å². The van der Waals surface area contributed by atoms with Gasteiger partial charge < -0.3 is 5.32 Å². The number of hydrogen-bond donors (Lipinski definition) is 1. The molecule has 90 valence electrons. The van der Waals surface area contributed by atoms with Crippen molar-refractivity contribution in [3.05, 3.63) is 35.9 Å². The van der Waals surface area contributed by atoms with Crippen molar-refractivity contribution in [1.82, 2.24) is 5.32 Å². The Kier molecular flexibility index (Phi) is 4.55. The van der Waals surface area contributed by atoms with Crippen molar-refractivity contribution in [1.29, 1.82) is 0 Å². The first kappa shape index (κ1) is 13.2. The van der Waals surface area contributed by atoms with Gasteiger partial charge in [-0.25, -0.2) is 0 Å². The van der Waals surface area contributed by atoms with Crippen LogP contribution in [0.15, 0.2) is 30.3 Å². The van der Waals surface area contributed by atoms with E-state index in [9.17, 15) is 0 Å². The molecule has 1 rings (SSSR count). The van der Waals surface area contributed by atoms with Gasteiger partial charge in [-0.3, -0.25) is 0 Å². The van der Waals surface area contributed by atoms with Gasteiger partial charge in [0, 0.05) is 11.5 Å². The fourth-order valence-corrected chi connectivity index (χ4v) is 1.79. The van der Waals surface area contributed by atoms with Crippen LogP contribution < -0.4 is 5.32 Å². The van der Waals surface area contributed by atoms with Gasteiger partial charge in [0.2, 0.25) is 0 Å². The summed E-state index contributed by atoms with van der Waals surface area (Å²) in [5.74, 6) is 0.703. The van der Waals surface area contributed by atoms with E-state index in [2.05, 4.69) is 70.3 Å². The Hall–Kier alpha value is -0.820. The summed E-state index contributed by atoms with van der Waals surface area (Å²) in [5.41, 5.74) is 1.58. The van der Waals surface area contributed by atoms with Crippen LogP contribution in [0.5, 0.6) is 0 Å². The lowest BCUT2D eigenvalue weighted by Gasteiger charge is -2.33. The molecule has 1 nitrogen and oxygen atoms in total. The Morgan fingerprint density at radius 1 is 1.06 bits per heavy atom. The first-order chi connectivity index (χ1) is 7.44. The Morgan fingerprint density at radius 3 is 2.12 bits per heavy atom. The number of nitrogens with one attached hydrogen (secondary N) is 1. The third kappa shape index (κ3) is 3.34. The Balaban J connectivity index is 2.69. The average molecular weight is 219 g/mol. The van der Waals surface area contributed by atoms with E-state index in [1.54, 1.807) is 0 Å². The zero-order valence-electron chi connectivity index (χ0n) is 11.2.